The number of fused-ring (bicyclic) bond motifs is 2. The van der Waals surface area contributed by atoms with Gasteiger partial charge in [0.1, 0.15) is 12.1 Å². The number of aryl methyl sites for hydroxylation is 1. The molecule has 1 saturated heterocycles. The normalized spacial score (nSPS) is 19.7. The Hall–Kier alpha value is -3.89. The van der Waals surface area contributed by atoms with Crippen LogP contribution in [-0.2, 0) is 16.4 Å². The Bertz CT molecular complexity index is 1640. The van der Waals surface area contributed by atoms with Crippen molar-refractivity contribution in [1.29, 1.82) is 0 Å². The van der Waals surface area contributed by atoms with Crippen LogP contribution in [0.2, 0.25) is 0 Å². The summed E-state index contributed by atoms with van der Waals surface area (Å²) in [5.41, 5.74) is 2.69. The molecule has 188 valence electrons. The van der Waals surface area contributed by atoms with Gasteiger partial charge in [-0.15, -0.1) is 0 Å². The first kappa shape index (κ1) is 23.5. The van der Waals surface area contributed by atoms with Crippen molar-refractivity contribution in [2.45, 2.75) is 24.7 Å². The highest BCUT2D eigenvalue weighted by atomic mass is 32.2. The fourth-order valence-electron chi connectivity index (χ4n) is 5.27. The third kappa shape index (κ3) is 3.84. The first-order valence-corrected chi connectivity index (χ1v) is 13.3. The molecule has 37 heavy (non-hydrogen) atoms. The van der Waals surface area contributed by atoms with Crippen molar-refractivity contribution in [3.63, 3.8) is 0 Å². The minimum absolute atomic E-state index is 0.0442. The van der Waals surface area contributed by atoms with Gasteiger partial charge in [0, 0.05) is 13.1 Å². The smallest absolute Gasteiger partial charge is 0.264 e. The van der Waals surface area contributed by atoms with E-state index in [2.05, 4.69) is 10.1 Å². The van der Waals surface area contributed by atoms with Gasteiger partial charge in [0.15, 0.2) is 0 Å². The van der Waals surface area contributed by atoms with Crippen LogP contribution in [0.4, 0.5) is 4.39 Å². The quantitative estimate of drug-likeness (QED) is 0.367. The summed E-state index contributed by atoms with van der Waals surface area (Å²) < 4.78 is 49.2. The van der Waals surface area contributed by atoms with E-state index in [1.807, 2.05) is 19.1 Å². The van der Waals surface area contributed by atoms with E-state index in [-0.39, 0.29) is 41.9 Å². The lowest BCUT2D eigenvalue weighted by molar-refractivity contribution is 0.0737. The van der Waals surface area contributed by atoms with Crippen LogP contribution in [0.15, 0.2) is 82.1 Å². The molecule has 0 spiro atoms. The van der Waals surface area contributed by atoms with Crippen LogP contribution in [0.3, 0.4) is 0 Å². The van der Waals surface area contributed by atoms with E-state index in [1.165, 1.54) is 28.9 Å². The summed E-state index contributed by atoms with van der Waals surface area (Å²) in [5.74, 6) is -0.774. The van der Waals surface area contributed by atoms with Crippen molar-refractivity contribution in [2.24, 2.45) is 5.41 Å². The van der Waals surface area contributed by atoms with E-state index in [0.29, 0.717) is 12.1 Å². The number of Topliss-reactive ketones (excluding diaryl/α,β-unsaturated/α-hetero) is 1. The highest BCUT2D eigenvalue weighted by Gasteiger charge is 2.52. The number of hydrogen-bond acceptors (Lipinski definition) is 6. The van der Waals surface area contributed by atoms with Crippen LogP contribution in [0.25, 0.3) is 11.8 Å². The average Bonchev–Trinajstić information content (AvgIpc) is 3.57. The molecule has 0 bridgehead atoms. The average molecular weight is 519 g/mol. The van der Waals surface area contributed by atoms with Crippen LogP contribution in [0.5, 0.6) is 0 Å². The zero-order chi connectivity index (χ0) is 25.8. The molecular weight excluding hydrogens is 495 g/mol. The highest BCUT2D eigenvalue weighted by molar-refractivity contribution is 7.89. The fraction of sp³-hybridized carbons (Fsp3) is 0.222. The summed E-state index contributed by atoms with van der Waals surface area (Å²) in [6.07, 6.45) is 6.90. The molecule has 0 saturated carbocycles. The molecule has 0 N–H and O–H groups in total. The van der Waals surface area contributed by atoms with Gasteiger partial charge in [0.2, 0.25) is 15.8 Å². The Morgan fingerprint density at radius 2 is 1.97 bits per heavy atom. The van der Waals surface area contributed by atoms with E-state index >= 15 is 0 Å². The molecule has 1 aliphatic carbocycles. The number of nitrogens with zero attached hydrogens (tertiary/aromatic N) is 4. The number of oxazole rings is 1. The molecule has 10 heteroatoms. The second kappa shape index (κ2) is 8.60. The molecule has 0 radical (unpaired) electrons. The molecule has 4 aromatic rings. The zero-order valence-corrected chi connectivity index (χ0v) is 20.8. The van der Waals surface area contributed by atoms with Crippen LogP contribution >= 0.6 is 0 Å². The summed E-state index contributed by atoms with van der Waals surface area (Å²) in [6, 6.07) is 12.8. The second-order valence-electron chi connectivity index (χ2n) is 9.44. The standard InChI is InChI=1S/C27H23FN4O4S/c1-18-3-2-4-23(13-18)37(34,35)31-11-9-20-14-24-19(16-30-32(24)22-7-5-21(28)6-8-22)15-27(20,17-31)25(33)26-29-10-12-36-26/h2-8,10,12-14,16H,9,11,15,17H2,1H3/t27-/m0/s1. The number of aromatic nitrogens is 3. The number of sulfonamides is 1. The number of piperidine rings is 1. The number of rotatable bonds is 5. The SMILES string of the molecule is Cc1cccc(S(=O)(=O)N2CCC3=Cc4c(cnn4-c4ccc(F)cc4)C[C@]3(C(=O)c3ncco3)C2)c1. The second-order valence-corrected chi connectivity index (χ2v) is 11.4. The Kier molecular flexibility index (Phi) is 5.46. The number of ketones is 1. The molecule has 3 heterocycles. The lowest BCUT2D eigenvalue weighted by Crippen LogP contribution is -2.53. The maximum Gasteiger partial charge on any atom is 0.264 e. The van der Waals surface area contributed by atoms with Crippen molar-refractivity contribution in [1.82, 2.24) is 19.1 Å². The molecule has 2 aliphatic rings. The van der Waals surface area contributed by atoms with Gasteiger partial charge in [-0.2, -0.15) is 9.40 Å². The summed E-state index contributed by atoms with van der Waals surface area (Å²) in [6.45, 7) is 2.02. The van der Waals surface area contributed by atoms with Crippen LogP contribution in [0, 0.1) is 18.2 Å². The molecule has 1 fully saturated rings. The summed E-state index contributed by atoms with van der Waals surface area (Å²) in [5, 5.41) is 4.50. The van der Waals surface area contributed by atoms with Gasteiger partial charge in [-0.25, -0.2) is 22.5 Å². The van der Waals surface area contributed by atoms with Crippen LogP contribution in [-0.4, -0.2) is 46.4 Å². The maximum atomic E-state index is 13.9. The van der Waals surface area contributed by atoms with Gasteiger partial charge in [-0.05, 0) is 73.4 Å². The fourth-order valence-corrected chi connectivity index (χ4v) is 6.88. The first-order valence-electron chi connectivity index (χ1n) is 11.8. The number of carbonyl (C=O) groups is 1. The maximum absolute atomic E-state index is 13.9. The van der Waals surface area contributed by atoms with Gasteiger partial charge >= 0.3 is 0 Å². The number of carbonyl (C=O) groups excluding carboxylic acids is 1. The molecule has 1 aliphatic heterocycles. The van der Waals surface area contributed by atoms with E-state index in [4.69, 9.17) is 4.42 Å². The third-order valence-electron chi connectivity index (χ3n) is 7.14. The highest BCUT2D eigenvalue weighted by Crippen LogP contribution is 2.47. The van der Waals surface area contributed by atoms with Gasteiger partial charge in [-0.1, -0.05) is 17.7 Å². The van der Waals surface area contributed by atoms with E-state index in [0.717, 1.165) is 22.4 Å². The predicted octanol–water partition coefficient (Wildman–Crippen LogP) is 4.21. The predicted molar refractivity (Wildman–Crippen MR) is 133 cm³/mol. The third-order valence-corrected chi connectivity index (χ3v) is 8.98. The Morgan fingerprint density at radius 3 is 2.70 bits per heavy atom. The molecule has 6 rings (SSSR count). The van der Waals surface area contributed by atoms with E-state index < -0.39 is 15.4 Å². The van der Waals surface area contributed by atoms with Crippen LogP contribution in [0.1, 0.15) is 33.9 Å². The molecule has 2 aromatic heterocycles. The first-order chi connectivity index (χ1) is 17.8. The minimum atomic E-state index is -3.85. The number of halogens is 1. The molecule has 0 amide bonds. The molecule has 0 unspecified atom stereocenters. The summed E-state index contributed by atoms with van der Waals surface area (Å²) >= 11 is 0. The topological polar surface area (TPSA) is 98.3 Å². The van der Waals surface area contributed by atoms with Gasteiger partial charge in [-0.3, -0.25) is 4.79 Å². The van der Waals surface area contributed by atoms with Crippen molar-refractivity contribution < 1.29 is 22.0 Å². The Balaban J connectivity index is 1.44. The van der Waals surface area contributed by atoms with Gasteiger partial charge in [0.05, 0.1) is 34.1 Å². The Morgan fingerprint density at radius 1 is 1.16 bits per heavy atom. The van der Waals surface area contributed by atoms with Crippen molar-refractivity contribution in [2.75, 3.05) is 13.1 Å². The van der Waals surface area contributed by atoms with Crippen LogP contribution < -0.4 is 0 Å². The molecule has 2 aromatic carbocycles. The van der Waals surface area contributed by atoms with E-state index in [1.54, 1.807) is 41.2 Å². The summed E-state index contributed by atoms with van der Waals surface area (Å²) in [7, 11) is -3.85. The Labute approximate surface area is 213 Å². The zero-order valence-electron chi connectivity index (χ0n) is 20.0. The lowest BCUT2D eigenvalue weighted by atomic mass is 9.66. The van der Waals surface area contributed by atoms with E-state index in [9.17, 15) is 17.6 Å². The van der Waals surface area contributed by atoms with Gasteiger partial charge < -0.3 is 4.42 Å². The van der Waals surface area contributed by atoms with Crippen molar-refractivity contribution >= 4 is 21.9 Å². The van der Waals surface area contributed by atoms with Gasteiger partial charge in [0.25, 0.3) is 5.89 Å². The monoisotopic (exact) mass is 518 g/mol. The van der Waals surface area contributed by atoms with Crippen molar-refractivity contribution in [3.8, 4) is 5.69 Å². The lowest BCUT2D eigenvalue weighted by Gasteiger charge is -2.44. The molecular formula is C27H23FN4O4S. The molecule has 8 nitrogen and oxygen atoms in total. The molecule has 1 atom stereocenters. The van der Waals surface area contributed by atoms with Crippen molar-refractivity contribution in [3.05, 3.63) is 101 Å². The number of hydrogen-bond donors (Lipinski definition) is 0. The number of benzene rings is 2. The largest absolute Gasteiger partial charge is 0.442 e. The summed E-state index contributed by atoms with van der Waals surface area (Å²) in [4.78, 5) is 18.2. The minimum Gasteiger partial charge on any atom is -0.442 e.